The van der Waals surface area contributed by atoms with E-state index >= 15 is 0 Å². The minimum absolute atomic E-state index is 0.0347. The maximum absolute atomic E-state index is 14.4. The third-order valence-electron chi connectivity index (χ3n) is 3.99. The number of fused-ring (bicyclic) bond motifs is 1. The molecular formula is C17H14FN3O3. The zero-order chi connectivity index (χ0) is 17.3. The molecule has 0 radical (unpaired) electrons. The van der Waals surface area contributed by atoms with Crippen molar-refractivity contribution >= 4 is 29.4 Å². The molecule has 1 aliphatic rings. The Morgan fingerprint density at radius 1 is 1.25 bits per heavy atom. The molecule has 0 aromatic heterocycles. The molecule has 0 saturated heterocycles. The van der Waals surface area contributed by atoms with E-state index in [0.29, 0.717) is 22.5 Å². The van der Waals surface area contributed by atoms with Crippen molar-refractivity contribution in [1.82, 2.24) is 0 Å². The number of hydrogen-bond donors (Lipinski definition) is 1. The number of nitro groups is 1. The molecule has 2 aromatic rings. The molecule has 2 aromatic carbocycles. The summed E-state index contributed by atoms with van der Waals surface area (Å²) >= 11 is 0. The zero-order valence-electron chi connectivity index (χ0n) is 12.8. The monoisotopic (exact) mass is 327 g/mol. The van der Waals surface area contributed by atoms with Gasteiger partial charge in [0.15, 0.2) is 5.82 Å². The summed E-state index contributed by atoms with van der Waals surface area (Å²) in [5, 5.41) is 13.5. The molecule has 0 aliphatic carbocycles. The number of nitro benzene ring substituents is 1. The topological polar surface area (TPSA) is 75.5 Å². The Balaban J connectivity index is 2.03. The summed E-state index contributed by atoms with van der Waals surface area (Å²) in [6.45, 7) is 0. The number of aldehydes is 1. The summed E-state index contributed by atoms with van der Waals surface area (Å²) in [6, 6.07) is 8.43. The quantitative estimate of drug-likeness (QED) is 0.528. The molecule has 0 bridgehead atoms. The van der Waals surface area contributed by atoms with Crippen molar-refractivity contribution in [3.05, 3.63) is 69.7 Å². The van der Waals surface area contributed by atoms with Crippen molar-refractivity contribution < 1.29 is 14.1 Å². The van der Waals surface area contributed by atoms with Crippen LogP contribution in [0.2, 0.25) is 0 Å². The van der Waals surface area contributed by atoms with E-state index < -0.39 is 16.8 Å². The summed E-state index contributed by atoms with van der Waals surface area (Å²) < 4.78 is 14.4. The number of rotatable bonds is 4. The smallest absolute Gasteiger partial charge is 0.269 e. The summed E-state index contributed by atoms with van der Waals surface area (Å²) in [4.78, 5) is 23.5. The molecule has 0 amide bonds. The van der Waals surface area contributed by atoms with E-state index in [0.717, 1.165) is 6.29 Å². The molecule has 1 heterocycles. The second kappa shape index (κ2) is 6.11. The van der Waals surface area contributed by atoms with Gasteiger partial charge in [0.25, 0.3) is 5.69 Å². The normalized spacial score (nSPS) is 15.8. The Hall–Kier alpha value is -3.22. The molecular weight excluding hydrogens is 313 g/mol. The van der Waals surface area contributed by atoms with E-state index in [1.165, 1.54) is 12.1 Å². The van der Waals surface area contributed by atoms with E-state index in [2.05, 4.69) is 5.32 Å². The molecule has 1 aliphatic heterocycles. The third-order valence-corrected chi connectivity index (χ3v) is 3.99. The predicted octanol–water partition coefficient (Wildman–Crippen LogP) is 3.51. The highest BCUT2D eigenvalue weighted by Crippen LogP contribution is 2.36. The fourth-order valence-electron chi connectivity index (χ4n) is 2.76. The van der Waals surface area contributed by atoms with Gasteiger partial charge in [-0.05, 0) is 29.8 Å². The number of carbonyl (C=O) groups excluding carboxylic acids is 1. The summed E-state index contributed by atoms with van der Waals surface area (Å²) in [5.74, 6) is -0.415. The van der Waals surface area contributed by atoms with E-state index in [9.17, 15) is 19.3 Å². The molecule has 1 N–H and O–H groups in total. The number of non-ortho nitro benzene ring substituents is 1. The van der Waals surface area contributed by atoms with Crippen LogP contribution in [-0.4, -0.2) is 18.3 Å². The summed E-state index contributed by atoms with van der Waals surface area (Å²) in [6.07, 6.45) is 3.92. The summed E-state index contributed by atoms with van der Waals surface area (Å²) in [5.41, 5.74) is 1.83. The van der Waals surface area contributed by atoms with Crippen LogP contribution in [0.25, 0.3) is 6.08 Å². The Labute approximate surface area is 137 Å². The van der Waals surface area contributed by atoms with Crippen molar-refractivity contribution in [3.63, 3.8) is 0 Å². The molecule has 0 spiro atoms. The number of hydrogen-bond acceptors (Lipinski definition) is 5. The maximum atomic E-state index is 14.4. The second-order valence-corrected chi connectivity index (χ2v) is 5.26. The molecule has 0 fully saturated rings. The molecule has 3 rings (SSSR count). The molecule has 24 heavy (non-hydrogen) atoms. The Bertz CT molecular complexity index is 834. The Kier molecular flexibility index (Phi) is 3.99. The minimum Gasteiger partial charge on any atom is -0.386 e. The highest BCUT2D eigenvalue weighted by Gasteiger charge is 2.27. The highest BCUT2D eigenvalue weighted by atomic mass is 19.1. The molecule has 7 heteroatoms. The van der Waals surface area contributed by atoms with Gasteiger partial charge in [0.2, 0.25) is 0 Å². The standard InChI is InChI=1S/C17H14FN3O3/c1-19-15-7-6-13-14(17(15)18)8-9-20(16(13)10-22)11-2-4-12(5-3-11)21(23)24/h2-10,16,19H,1H3. The Morgan fingerprint density at radius 2 is 1.96 bits per heavy atom. The number of anilines is 2. The lowest BCUT2D eigenvalue weighted by Gasteiger charge is -2.31. The largest absolute Gasteiger partial charge is 0.386 e. The van der Waals surface area contributed by atoms with Gasteiger partial charge in [-0.2, -0.15) is 0 Å². The van der Waals surface area contributed by atoms with Gasteiger partial charge in [-0.15, -0.1) is 0 Å². The fourth-order valence-corrected chi connectivity index (χ4v) is 2.76. The Morgan fingerprint density at radius 3 is 2.54 bits per heavy atom. The van der Waals surface area contributed by atoms with Crippen LogP contribution < -0.4 is 10.2 Å². The number of benzene rings is 2. The fraction of sp³-hybridized carbons (Fsp3) is 0.118. The molecule has 6 nitrogen and oxygen atoms in total. The second-order valence-electron chi connectivity index (χ2n) is 5.26. The van der Waals surface area contributed by atoms with E-state index in [1.807, 2.05) is 0 Å². The van der Waals surface area contributed by atoms with Gasteiger partial charge in [0, 0.05) is 36.6 Å². The van der Waals surface area contributed by atoms with Gasteiger partial charge in [-0.3, -0.25) is 10.1 Å². The molecule has 0 saturated carbocycles. The summed E-state index contributed by atoms with van der Waals surface area (Å²) in [7, 11) is 1.62. The van der Waals surface area contributed by atoms with Crippen LogP contribution in [0, 0.1) is 15.9 Å². The lowest BCUT2D eigenvalue weighted by molar-refractivity contribution is -0.384. The first-order valence-electron chi connectivity index (χ1n) is 7.23. The van der Waals surface area contributed by atoms with E-state index in [4.69, 9.17) is 0 Å². The van der Waals surface area contributed by atoms with Crippen LogP contribution in [0.5, 0.6) is 0 Å². The van der Waals surface area contributed by atoms with Gasteiger partial charge < -0.3 is 15.0 Å². The minimum atomic E-state index is -0.702. The first-order chi connectivity index (χ1) is 11.6. The van der Waals surface area contributed by atoms with Crippen LogP contribution in [0.15, 0.2) is 42.6 Å². The zero-order valence-corrected chi connectivity index (χ0v) is 12.8. The average molecular weight is 327 g/mol. The number of nitrogens with zero attached hydrogens (tertiary/aromatic N) is 2. The van der Waals surface area contributed by atoms with Gasteiger partial charge >= 0.3 is 0 Å². The van der Waals surface area contributed by atoms with Crippen molar-refractivity contribution in [2.45, 2.75) is 6.04 Å². The van der Waals surface area contributed by atoms with Gasteiger partial charge in [0.1, 0.15) is 12.3 Å². The van der Waals surface area contributed by atoms with Crippen LogP contribution >= 0.6 is 0 Å². The van der Waals surface area contributed by atoms with Crippen molar-refractivity contribution in [1.29, 1.82) is 0 Å². The van der Waals surface area contributed by atoms with Crippen LogP contribution in [-0.2, 0) is 4.79 Å². The molecule has 1 atom stereocenters. The van der Waals surface area contributed by atoms with Crippen molar-refractivity contribution in [2.75, 3.05) is 17.3 Å². The predicted molar refractivity (Wildman–Crippen MR) is 89.4 cm³/mol. The van der Waals surface area contributed by atoms with Crippen LogP contribution in [0.4, 0.5) is 21.5 Å². The van der Waals surface area contributed by atoms with Crippen molar-refractivity contribution in [2.24, 2.45) is 0 Å². The van der Waals surface area contributed by atoms with Gasteiger partial charge in [-0.1, -0.05) is 6.07 Å². The van der Waals surface area contributed by atoms with Crippen LogP contribution in [0.3, 0.4) is 0 Å². The lowest BCUT2D eigenvalue weighted by Crippen LogP contribution is -2.28. The average Bonchev–Trinajstić information content (AvgIpc) is 2.61. The van der Waals surface area contributed by atoms with Gasteiger partial charge in [0.05, 0.1) is 10.6 Å². The lowest BCUT2D eigenvalue weighted by atomic mass is 9.95. The SMILES string of the molecule is CNc1ccc2c(c1F)C=CN(c1ccc([N+](=O)[O-])cc1)C2C=O. The highest BCUT2D eigenvalue weighted by molar-refractivity contribution is 5.79. The third kappa shape index (κ3) is 2.50. The number of nitrogens with one attached hydrogen (secondary N) is 1. The van der Waals surface area contributed by atoms with Crippen LogP contribution in [0.1, 0.15) is 17.2 Å². The van der Waals surface area contributed by atoms with E-state index in [-0.39, 0.29) is 5.69 Å². The molecule has 122 valence electrons. The van der Waals surface area contributed by atoms with Crippen molar-refractivity contribution in [3.8, 4) is 0 Å². The molecule has 1 unspecified atom stereocenters. The first kappa shape index (κ1) is 15.7. The maximum Gasteiger partial charge on any atom is 0.269 e. The van der Waals surface area contributed by atoms with E-state index in [1.54, 1.807) is 48.5 Å². The first-order valence-corrected chi connectivity index (χ1v) is 7.23. The number of halogens is 1. The number of carbonyl (C=O) groups is 1. The van der Waals surface area contributed by atoms with Gasteiger partial charge in [-0.25, -0.2) is 4.39 Å².